The van der Waals surface area contributed by atoms with Gasteiger partial charge in [0.25, 0.3) is 0 Å². The molecule has 0 aliphatic heterocycles. The van der Waals surface area contributed by atoms with Crippen LogP contribution >= 0.6 is 0 Å². The highest BCUT2D eigenvalue weighted by molar-refractivity contribution is 5.80. The molecule has 0 unspecified atom stereocenters. The maximum atomic E-state index is 8.41. The molecule has 0 aromatic carbocycles. The van der Waals surface area contributed by atoms with Crippen LogP contribution in [-0.2, 0) is 0 Å². The molecule has 15 heavy (non-hydrogen) atoms. The Hall–Kier alpha value is -1.85. The summed E-state index contributed by atoms with van der Waals surface area (Å²) in [5.41, 5.74) is 5.39. The summed E-state index contributed by atoms with van der Waals surface area (Å²) in [4.78, 5) is 10.2. The minimum atomic E-state index is 0.220. The van der Waals surface area contributed by atoms with Gasteiger partial charge in [-0.1, -0.05) is 5.16 Å². The lowest BCUT2D eigenvalue weighted by molar-refractivity contribution is 0.317. The van der Waals surface area contributed by atoms with E-state index in [-0.39, 0.29) is 5.84 Å². The first-order valence-corrected chi connectivity index (χ1v) is 4.75. The highest BCUT2D eigenvalue weighted by Crippen LogP contribution is 2.07. The topological polar surface area (TPSA) is 87.6 Å². The second kappa shape index (κ2) is 5.79. The van der Waals surface area contributed by atoms with Crippen molar-refractivity contribution in [2.24, 2.45) is 10.9 Å². The predicted molar refractivity (Wildman–Crippen MR) is 57.9 cm³/mol. The third-order valence-electron chi connectivity index (χ3n) is 2.02. The first-order chi connectivity index (χ1) is 7.27. The molecule has 0 fully saturated rings. The van der Waals surface area contributed by atoms with Gasteiger partial charge in [0.05, 0.1) is 6.20 Å². The maximum absolute atomic E-state index is 8.41. The van der Waals surface area contributed by atoms with Crippen molar-refractivity contribution in [1.29, 1.82) is 0 Å². The summed E-state index contributed by atoms with van der Waals surface area (Å²) in [6.07, 6.45) is 5.46. The van der Waals surface area contributed by atoms with E-state index in [1.807, 2.05) is 11.8 Å². The summed E-state index contributed by atoms with van der Waals surface area (Å²) in [6.45, 7) is 3.48. The number of amidine groups is 1. The van der Waals surface area contributed by atoms with Crippen molar-refractivity contribution in [3.63, 3.8) is 0 Å². The molecule has 1 heterocycles. The molecule has 6 nitrogen and oxygen atoms in total. The molecule has 0 spiro atoms. The Morgan fingerprint density at radius 2 is 2.40 bits per heavy atom. The lowest BCUT2D eigenvalue weighted by Crippen LogP contribution is -2.28. The van der Waals surface area contributed by atoms with Crippen LogP contribution < -0.4 is 10.6 Å². The fourth-order valence-electron chi connectivity index (χ4n) is 1.19. The molecular weight excluding hydrogens is 194 g/mol. The Balaban J connectivity index is 2.57. The van der Waals surface area contributed by atoms with E-state index in [9.17, 15) is 0 Å². The first-order valence-electron chi connectivity index (χ1n) is 4.75. The molecule has 1 aromatic rings. The highest BCUT2D eigenvalue weighted by Gasteiger charge is 2.05. The van der Waals surface area contributed by atoms with Gasteiger partial charge >= 0.3 is 0 Å². The number of nitrogens with zero attached hydrogens (tertiary/aromatic N) is 4. The van der Waals surface area contributed by atoms with Gasteiger partial charge in [-0.3, -0.25) is 4.98 Å². The summed E-state index contributed by atoms with van der Waals surface area (Å²) in [6, 6.07) is 0. The molecule has 6 heteroatoms. The molecule has 0 amide bonds. The summed E-state index contributed by atoms with van der Waals surface area (Å²) in [5, 5.41) is 11.3. The van der Waals surface area contributed by atoms with E-state index in [0.29, 0.717) is 13.0 Å². The van der Waals surface area contributed by atoms with Crippen LogP contribution in [0.3, 0.4) is 0 Å². The zero-order chi connectivity index (χ0) is 11.1. The lowest BCUT2D eigenvalue weighted by atomic mass is 10.3. The van der Waals surface area contributed by atoms with Crippen LogP contribution in [0.2, 0.25) is 0 Å². The fraction of sp³-hybridized carbons (Fsp3) is 0.444. The molecule has 1 rings (SSSR count). The van der Waals surface area contributed by atoms with E-state index >= 15 is 0 Å². The minimum Gasteiger partial charge on any atom is -0.409 e. The Bertz CT molecular complexity index is 314. The number of hydrogen-bond donors (Lipinski definition) is 2. The Kier molecular flexibility index (Phi) is 4.33. The van der Waals surface area contributed by atoms with Crippen molar-refractivity contribution < 1.29 is 5.21 Å². The monoisotopic (exact) mass is 209 g/mol. The van der Waals surface area contributed by atoms with E-state index in [1.54, 1.807) is 18.6 Å². The molecule has 0 aliphatic rings. The summed E-state index contributed by atoms with van der Waals surface area (Å²) >= 11 is 0. The number of hydrogen-bond acceptors (Lipinski definition) is 5. The number of nitrogens with two attached hydrogens (primary N) is 1. The predicted octanol–water partition coefficient (Wildman–Crippen LogP) is 0.439. The van der Waals surface area contributed by atoms with Gasteiger partial charge in [0.1, 0.15) is 11.7 Å². The number of oxime groups is 1. The van der Waals surface area contributed by atoms with Gasteiger partial charge < -0.3 is 15.8 Å². The van der Waals surface area contributed by atoms with Crippen molar-refractivity contribution in [2.45, 2.75) is 13.3 Å². The second-order valence-corrected chi connectivity index (χ2v) is 2.98. The van der Waals surface area contributed by atoms with Crippen LogP contribution in [-0.4, -0.2) is 34.1 Å². The van der Waals surface area contributed by atoms with E-state index < -0.39 is 0 Å². The SMILES string of the molecule is CCN(CCC(N)=NO)c1cnccn1. The quantitative estimate of drug-likeness (QED) is 0.318. The molecular formula is C9H15N5O. The fourth-order valence-corrected chi connectivity index (χ4v) is 1.19. The van der Waals surface area contributed by atoms with E-state index in [2.05, 4.69) is 15.1 Å². The van der Waals surface area contributed by atoms with Crippen LogP contribution in [0.25, 0.3) is 0 Å². The summed E-state index contributed by atoms with van der Waals surface area (Å²) in [7, 11) is 0. The van der Waals surface area contributed by atoms with Crippen molar-refractivity contribution in [3.05, 3.63) is 18.6 Å². The molecule has 1 aromatic heterocycles. The van der Waals surface area contributed by atoms with Gasteiger partial charge in [0.2, 0.25) is 0 Å². The smallest absolute Gasteiger partial charge is 0.147 e. The van der Waals surface area contributed by atoms with Crippen LogP contribution in [0.15, 0.2) is 23.7 Å². The maximum Gasteiger partial charge on any atom is 0.147 e. The zero-order valence-electron chi connectivity index (χ0n) is 8.67. The van der Waals surface area contributed by atoms with Crippen LogP contribution in [0.1, 0.15) is 13.3 Å². The van der Waals surface area contributed by atoms with Crippen LogP contribution in [0, 0.1) is 0 Å². The van der Waals surface area contributed by atoms with E-state index in [1.165, 1.54) is 0 Å². The van der Waals surface area contributed by atoms with Gasteiger partial charge in [0.15, 0.2) is 0 Å². The van der Waals surface area contributed by atoms with E-state index in [4.69, 9.17) is 10.9 Å². The van der Waals surface area contributed by atoms with Crippen LogP contribution in [0.5, 0.6) is 0 Å². The summed E-state index contributed by atoms with van der Waals surface area (Å²) < 4.78 is 0. The standard InChI is InChI=1S/C9H15N5O/c1-2-14(6-3-8(10)13-15)9-7-11-4-5-12-9/h4-5,7,15H,2-3,6H2,1H3,(H2,10,13). The van der Waals surface area contributed by atoms with Crippen LogP contribution in [0.4, 0.5) is 5.82 Å². The third-order valence-corrected chi connectivity index (χ3v) is 2.02. The molecule has 0 atom stereocenters. The van der Waals surface area contributed by atoms with E-state index in [0.717, 1.165) is 12.4 Å². The van der Waals surface area contributed by atoms with Gasteiger partial charge in [-0.2, -0.15) is 0 Å². The Labute approximate surface area is 88.4 Å². The second-order valence-electron chi connectivity index (χ2n) is 2.98. The molecule has 0 radical (unpaired) electrons. The Morgan fingerprint density at radius 1 is 1.60 bits per heavy atom. The van der Waals surface area contributed by atoms with Gasteiger partial charge in [-0.25, -0.2) is 4.98 Å². The number of aromatic nitrogens is 2. The van der Waals surface area contributed by atoms with Crippen molar-refractivity contribution in [3.8, 4) is 0 Å². The minimum absolute atomic E-state index is 0.220. The average molecular weight is 209 g/mol. The van der Waals surface area contributed by atoms with Gasteiger partial charge in [0, 0.05) is 31.9 Å². The molecule has 0 saturated carbocycles. The molecule has 0 bridgehead atoms. The lowest BCUT2D eigenvalue weighted by Gasteiger charge is -2.20. The van der Waals surface area contributed by atoms with Gasteiger partial charge in [-0.05, 0) is 6.92 Å². The molecule has 82 valence electrons. The van der Waals surface area contributed by atoms with Crippen molar-refractivity contribution in [2.75, 3.05) is 18.0 Å². The normalized spacial score (nSPS) is 11.4. The van der Waals surface area contributed by atoms with Crippen molar-refractivity contribution in [1.82, 2.24) is 9.97 Å². The molecule has 3 N–H and O–H groups in total. The largest absolute Gasteiger partial charge is 0.409 e. The van der Waals surface area contributed by atoms with Crippen molar-refractivity contribution >= 4 is 11.7 Å². The first kappa shape index (κ1) is 11.2. The molecule has 0 saturated heterocycles. The third kappa shape index (κ3) is 3.41. The number of rotatable bonds is 5. The average Bonchev–Trinajstić information content (AvgIpc) is 2.31. The molecule has 0 aliphatic carbocycles. The number of anilines is 1. The zero-order valence-corrected chi connectivity index (χ0v) is 8.67. The summed E-state index contributed by atoms with van der Waals surface area (Å²) in [5.74, 6) is 1.02. The van der Waals surface area contributed by atoms with Gasteiger partial charge in [-0.15, -0.1) is 0 Å². The Morgan fingerprint density at radius 3 is 2.93 bits per heavy atom. The highest BCUT2D eigenvalue weighted by atomic mass is 16.4.